The monoisotopic (exact) mass is 389 g/mol. The third kappa shape index (κ3) is 5.63. The van der Waals surface area contributed by atoms with E-state index in [0.717, 1.165) is 11.1 Å². The van der Waals surface area contributed by atoms with Crippen molar-refractivity contribution in [1.82, 2.24) is 5.32 Å². The van der Waals surface area contributed by atoms with Crippen LogP contribution in [0.1, 0.15) is 36.1 Å². The molecule has 0 radical (unpaired) electrons. The third-order valence-corrected chi connectivity index (χ3v) is 5.11. The first-order valence-corrected chi connectivity index (χ1v) is 9.88. The maximum absolute atomic E-state index is 12.6. The van der Waals surface area contributed by atoms with E-state index in [1.807, 2.05) is 30.3 Å². The Morgan fingerprint density at radius 3 is 2.30 bits per heavy atom. The standard InChI is InChI=1S/C19H23N3O4S/c1-12-9-16(27(20,25)26)10-17(13(12)2)22-19(24)11-18(21-14(3)23)15-7-5-4-6-8-15/h4-10,18H,11H2,1-3H3,(H,21,23)(H,22,24)(H2,20,25,26)/t18-/m0/s1. The zero-order valence-electron chi connectivity index (χ0n) is 15.4. The average Bonchev–Trinajstić information content (AvgIpc) is 2.57. The number of sulfonamides is 1. The number of carbonyl (C=O) groups excluding carboxylic acids is 2. The van der Waals surface area contributed by atoms with Crippen molar-refractivity contribution in [2.75, 3.05) is 5.32 Å². The van der Waals surface area contributed by atoms with Crippen LogP contribution in [0.5, 0.6) is 0 Å². The molecular weight excluding hydrogens is 366 g/mol. The van der Waals surface area contributed by atoms with Crippen molar-refractivity contribution < 1.29 is 18.0 Å². The van der Waals surface area contributed by atoms with Gasteiger partial charge in [0.05, 0.1) is 17.4 Å². The van der Waals surface area contributed by atoms with E-state index in [-0.39, 0.29) is 23.1 Å². The van der Waals surface area contributed by atoms with Gasteiger partial charge in [-0.1, -0.05) is 30.3 Å². The summed E-state index contributed by atoms with van der Waals surface area (Å²) in [6.07, 6.45) is 0.00167. The van der Waals surface area contributed by atoms with Crippen molar-refractivity contribution in [3.63, 3.8) is 0 Å². The van der Waals surface area contributed by atoms with Crippen molar-refractivity contribution in [1.29, 1.82) is 0 Å². The molecule has 2 aromatic rings. The smallest absolute Gasteiger partial charge is 0.238 e. The van der Waals surface area contributed by atoms with Crippen molar-refractivity contribution in [3.8, 4) is 0 Å². The van der Waals surface area contributed by atoms with E-state index in [0.29, 0.717) is 11.3 Å². The molecule has 4 N–H and O–H groups in total. The van der Waals surface area contributed by atoms with Crippen LogP contribution in [0.15, 0.2) is 47.4 Å². The normalized spacial score (nSPS) is 12.3. The number of hydrogen-bond donors (Lipinski definition) is 3. The lowest BCUT2D eigenvalue weighted by Crippen LogP contribution is -2.30. The molecule has 0 spiro atoms. The predicted octanol–water partition coefficient (Wildman–Crippen LogP) is 2.16. The fraction of sp³-hybridized carbons (Fsp3) is 0.263. The molecule has 0 saturated heterocycles. The number of nitrogens with one attached hydrogen (secondary N) is 2. The van der Waals surface area contributed by atoms with Gasteiger partial charge in [0.1, 0.15) is 0 Å². The lowest BCUT2D eigenvalue weighted by atomic mass is 10.0. The molecule has 8 heteroatoms. The maximum Gasteiger partial charge on any atom is 0.238 e. The molecule has 0 unspecified atom stereocenters. The van der Waals surface area contributed by atoms with Gasteiger partial charge >= 0.3 is 0 Å². The minimum atomic E-state index is -3.89. The number of nitrogens with two attached hydrogens (primary N) is 1. The van der Waals surface area contributed by atoms with E-state index in [1.165, 1.54) is 19.1 Å². The molecule has 0 bridgehead atoms. The first-order valence-electron chi connectivity index (χ1n) is 8.34. The Kier molecular flexibility index (Phi) is 6.35. The van der Waals surface area contributed by atoms with Crippen LogP contribution in [-0.4, -0.2) is 20.2 Å². The zero-order valence-corrected chi connectivity index (χ0v) is 16.3. The molecule has 7 nitrogen and oxygen atoms in total. The third-order valence-electron chi connectivity index (χ3n) is 4.21. The van der Waals surface area contributed by atoms with Gasteiger partial charge in [0.15, 0.2) is 0 Å². The number of hydrogen-bond acceptors (Lipinski definition) is 4. The number of anilines is 1. The Balaban J connectivity index is 2.25. The summed E-state index contributed by atoms with van der Waals surface area (Å²) < 4.78 is 23.3. The van der Waals surface area contributed by atoms with E-state index in [9.17, 15) is 18.0 Å². The van der Waals surface area contributed by atoms with Crippen LogP contribution in [0.25, 0.3) is 0 Å². The Labute approximate surface area is 159 Å². The van der Waals surface area contributed by atoms with Gasteiger partial charge in [0, 0.05) is 12.6 Å². The van der Waals surface area contributed by atoms with E-state index in [1.54, 1.807) is 13.8 Å². The Morgan fingerprint density at radius 1 is 1.11 bits per heavy atom. The van der Waals surface area contributed by atoms with Gasteiger partial charge < -0.3 is 10.6 Å². The van der Waals surface area contributed by atoms with Crippen LogP contribution >= 0.6 is 0 Å². The highest BCUT2D eigenvalue weighted by Crippen LogP contribution is 2.25. The summed E-state index contributed by atoms with van der Waals surface area (Å²) in [7, 11) is -3.89. The van der Waals surface area contributed by atoms with E-state index in [2.05, 4.69) is 10.6 Å². The fourth-order valence-electron chi connectivity index (χ4n) is 2.69. The second-order valence-corrected chi connectivity index (χ2v) is 7.94. The number of aryl methyl sites for hydroxylation is 1. The summed E-state index contributed by atoms with van der Waals surface area (Å²) in [5, 5.41) is 10.7. The van der Waals surface area contributed by atoms with Crippen molar-refractivity contribution in [2.24, 2.45) is 5.14 Å². The highest BCUT2D eigenvalue weighted by molar-refractivity contribution is 7.89. The quantitative estimate of drug-likeness (QED) is 0.701. The second kappa shape index (κ2) is 8.32. The van der Waals surface area contributed by atoms with Gasteiger partial charge in [-0.25, -0.2) is 13.6 Å². The summed E-state index contributed by atoms with van der Waals surface area (Å²) in [5.74, 6) is -0.605. The van der Waals surface area contributed by atoms with Crippen molar-refractivity contribution in [2.45, 2.75) is 38.1 Å². The molecular formula is C19H23N3O4S. The summed E-state index contributed by atoms with van der Waals surface area (Å²) in [5.41, 5.74) is 2.61. The van der Waals surface area contributed by atoms with E-state index >= 15 is 0 Å². The summed E-state index contributed by atoms with van der Waals surface area (Å²) >= 11 is 0. The van der Waals surface area contributed by atoms with Gasteiger partial charge in [0.2, 0.25) is 21.8 Å². The molecule has 2 aromatic carbocycles. The van der Waals surface area contributed by atoms with Crippen LogP contribution in [0.2, 0.25) is 0 Å². The Bertz CT molecular complexity index is 956. The van der Waals surface area contributed by atoms with Crippen LogP contribution in [0, 0.1) is 13.8 Å². The van der Waals surface area contributed by atoms with Crippen molar-refractivity contribution in [3.05, 3.63) is 59.2 Å². The topological polar surface area (TPSA) is 118 Å². The molecule has 0 aliphatic rings. The molecule has 27 heavy (non-hydrogen) atoms. The molecule has 0 aliphatic carbocycles. The average molecular weight is 389 g/mol. The van der Waals surface area contributed by atoms with Crippen molar-refractivity contribution >= 4 is 27.5 Å². The Morgan fingerprint density at radius 2 is 1.74 bits per heavy atom. The van der Waals surface area contributed by atoms with E-state index < -0.39 is 16.1 Å². The minimum Gasteiger partial charge on any atom is -0.349 e. The number of rotatable bonds is 6. The zero-order chi connectivity index (χ0) is 20.2. The fourth-order valence-corrected chi connectivity index (χ4v) is 3.31. The minimum absolute atomic E-state index is 0.00167. The lowest BCUT2D eigenvalue weighted by Gasteiger charge is -2.19. The van der Waals surface area contributed by atoms with E-state index in [4.69, 9.17) is 5.14 Å². The molecule has 0 fully saturated rings. The molecule has 2 amide bonds. The van der Waals surface area contributed by atoms with Crippen LogP contribution in [0.4, 0.5) is 5.69 Å². The Hall–Kier alpha value is -2.71. The van der Waals surface area contributed by atoms with Gasteiger partial charge in [-0.05, 0) is 42.7 Å². The number of carbonyl (C=O) groups is 2. The van der Waals surface area contributed by atoms with Gasteiger partial charge in [-0.3, -0.25) is 9.59 Å². The second-order valence-electron chi connectivity index (χ2n) is 6.37. The maximum atomic E-state index is 12.6. The largest absolute Gasteiger partial charge is 0.349 e. The first kappa shape index (κ1) is 20.6. The number of amides is 2. The highest BCUT2D eigenvalue weighted by atomic mass is 32.2. The molecule has 0 heterocycles. The highest BCUT2D eigenvalue weighted by Gasteiger charge is 2.19. The first-order chi connectivity index (χ1) is 12.6. The SMILES string of the molecule is CC(=O)N[C@@H](CC(=O)Nc1cc(S(N)(=O)=O)cc(C)c1C)c1ccccc1. The molecule has 0 saturated carbocycles. The van der Waals surface area contributed by atoms with Crippen LogP contribution in [0.3, 0.4) is 0 Å². The van der Waals surface area contributed by atoms with Gasteiger partial charge in [-0.15, -0.1) is 0 Å². The summed E-state index contributed by atoms with van der Waals surface area (Å²) in [6.45, 7) is 4.90. The van der Waals surface area contributed by atoms with Crippen LogP contribution in [-0.2, 0) is 19.6 Å². The van der Waals surface area contributed by atoms with Crippen LogP contribution < -0.4 is 15.8 Å². The molecule has 0 aliphatic heterocycles. The van der Waals surface area contributed by atoms with Gasteiger partial charge in [0.25, 0.3) is 0 Å². The molecule has 1 atom stereocenters. The molecule has 2 rings (SSSR count). The molecule has 0 aromatic heterocycles. The lowest BCUT2D eigenvalue weighted by molar-refractivity contribution is -0.120. The number of benzene rings is 2. The summed E-state index contributed by atoms with van der Waals surface area (Å²) in [6, 6.07) is 11.5. The van der Waals surface area contributed by atoms with Gasteiger partial charge in [-0.2, -0.15) is 0 Å². The summed E-state index contributed by atoms with van der Waals surface area (Å²) in [4.78, 5) is 24.0. The molecule has 144 valence electrons. The number of primary sulfonamides is 1. The predicted molar refractivity (Wildman–Crippen MR) is 104 cm³/mol.